The first-order valence-corrected chi connectivity index (χ1v) is 7.34. The van der Waals surface area contributed by atoms with Crippen LogP contribution in [0.25, 0.3) is 0 Å². The van der Waals surface area contributed by atoms with Gasteiger partial charge in [0, 0.05) is 31.0 Å². The molecular weight excluding hydrogens is 290 g/mol. The summed E-state index contributed by atoms with van der Waals surface area (Å²) in [5.74, 6) is 8.18. The molecule has 0 saturated heterocycles. The molecule has 2 atom stereocenters. The Balaban J connectivity index is 2.68. The fourth-order valence-corrected chi connectivity index (χ4v) is 1.98. The standard InChI is InChI=1S/C15H17NO4S/c1-3-11-19-12-6-4-5-9-15(2,20-21(17)18)14-8-7-10-16-13-14/h1,7-8,10,13H,4,6,11-12H2,2H3,(H,17,18). The maximum atomic E-state index is 11.0. The SMILES string of the molecule is C#CCOCCCC#CC(C)(OS(=O)O)c1cccnc1. The summed E-state index contributed by atoms with van der Waals surface area (Å²) in [4.78, 5) is 3.97. The van der Waals surface area contributed by atoms with Crippen LogP contribution in [0.5, 0.6) is 0 Å². The van der Waals surface area contributed by atoms with Gasteiger partial charge in [0.2, 0.25) is 0 Å². The maximum Gasteiger partial charge on any atom is 0.303 e. The molecule has 6 heteroatoms. The number of aromatic nitrogens is 1. The van der Waals surface area contributed by atoms with E-state index < -0.39 is 17.0 Å². The molecule has 0 fully saturated rings. The number of rotatable bonds is 7. The van der Waals surface area contributed by atoms with Gasteiger partial charge < -0.3 is 4.74 Å². The third kappa shape index (κ3) is 6.52. The van der Waals surface area contributed by atoms with E-state index in [2.05, 4.69) is 22.7 Å². The second-order valence-corrected chi connectivity index (χ2v) is 4.84. The lowest BCUT2D eigenvalue weighted by Crippen LogP contribution is -2.25. The number of hydrogen-bond acceptors (Lipinski definition) is 4. The van der Waals surface area contributed by atoms with Gasteiger partial charge in [0.15, 0.2) is 5.60 Å². The average molecular weight is 307 g/mol. The Bertz CT molecular complexity index is 559. The van der Waals surface area contributed by atoms with Gasteiger partial charge in [-0.05, 0) is 19.4 Å². The molecular formula is C15H17NO4S. The molecule has 0 aromatic carbocycles. The van der Waals surface area contributed by atoms with E-state index in [9.17, 15) is 4.21 Å². The second-order valence-electron chi connectivity index (χ2n) is 4.24. The van der Waals surface area contributed by atoms with Crippen LogP contribution < -0.4 is 0 Å². The molecule has 0 radical (unpaired) electrons. The predicted molar refractivity (Wildman–Crippen MR) is 80.1 cm³/mol. The van der Waals surface area contributed by atoms with Gasteiger partial charge in [-0.15, -0.1) is 6.42 Å². The topological polar surface area (TPSA) is 68.7 Å². The molecule has 21 heavy (non-hydrogen) atoms. The highest BCUT2D eigenvalue weighted by Gasteiger charge is 2.28. The van der Waals surface area contributed by atoms with Gasteiger partial charge >= 0.3 is 11.4 Å². The largest absolute Gasteiger partial charge is 0.369 e. The van der Waals surface area contributed by atoms with Crippen LogP contribution in [-0.4, -0.2) is 27.0 Å². The van der Waals surface area contributed by atoms with E-state index in [0.29, 0.717) is 18.6 Å². The van der Waals surface area contributed by atoms with Crippen molar-refractivity contribution in [1.82, 2.24) is 4.98 Å². The van der Waals surface area contributed by atoms with E-state index in [1.807, 2.05) is 0 Å². The highest BCUT2D eigenvalue weighted by Crippen LogP contribution is 2.24. The minimum atomic E-state index is -2.42. The lowest BCUT2D eigenvalue weighted by atomic mass is 9.98. The van der Waals surface area contributed by atoms with E-state index in [-0.39, 0.29) is 6.61 Å². The first kappa shape index (κ1) is 17.4. The van der Waals surface area contributed by atoms with E-state index in [0.717, 1.165) is 6.42 Å². The van der Waals surface area contributed by atoms with Crippen LogP contribution in [0.2, 0.25) is 0 Å². The number of hydrogen-bond donors (Lipinski definition) is 1. The Labute approximate surface area is 127 Å². The quantitative estimate of drug-likeness (QED) is 0.473. The fourth-order valence-electron chi connectivity index (χ4n) is 1.55. The molecule has 1 heterocycles. The van der Waals surface area contributed by atoms with Crippen LogP contribution in [0.4, 0.5) is 0 Å². The summed E-state index contributed by atoms with van der Waals surface area (Å²) in [7, 11) is 0. The minimum absolute atomic E-state index is 0.285. The van der Waals surface area contributed by atoms with Crippen molar-refractivity contribution in [2.75, 3.05) is 13.2 Å². The van der Waals surface area contributed by atoms with Crippen LogP contribution >= 0.6 is 0 Å². The van der Waals surface area contributed by atoms with Gasteiger partial charge in [0.1, 0.15) is 6.61 Å². The predicted octanol–water partition coefficient (Wildman–Crippen LogP) is 1.88. The molecule has 112 valence electrons. The molecule has 0 amide bonds. The molecule has 1 rings (SSSR count). The van der Waals surface area contributed by atoms with Crippen molar-refractivity contribution in [2.45, 2.75) is 25.4 Å². The first-order valence-electron chi connectivity index (χ1n) is 6.30. The number of pyridine rings is 1. The molecule has 1 N–H and O–H groups in total. The Kier molecular flexibility index (Phi) is 7.66. The van der Waals surface area contributed by atoms with Crippen molar-refractivity contribution in [3.05, 3.63) is 30.1 Å². The lowest BCUT2D eigenvalue weighted by Gasteiger charge is -2.21. The number of unbranched alkanes of at least 4 members (excludes halogenated alkanes) is 1. The molecule has 1 aromatic rings. The second kappa shape index (κ2) is 9.28. The third-order valence-corrected chi connectivity index (χ3v) is 3.03. The summed E-state index contributed by atoms with van der Waals surface area (Å²) >= 11 is -2.42. The summed E-state index contributed by atoms with van der Waals surface area (Å²) in [6.07, 6.45) is 9.51. The zero-order chi connectivity index (χ0) is 15.6. The molecule has 0 aliphatic heterocycles. The Morgan fingerprint density at radius 1 is 1.57 bits per heavy atom. The van der Waals surface area contributed by atoms with Crippen LogP contribution in [0.15, 0.2) is 24.5 Å². The lowest BCUT2D eigenvalue weighted by molar-refractivity contribution is 0.155. The summed E-state index contributed by atoms with van der Waals surface area (Å²) in [5.41, 5.74) is -0.573. The third-order valence-electron chi connectivity index (χ3n) is 2.55. The van der Waals surface area contributed by atoms with Crippen molar-refractivity contribution < 1.29 is 17.7 Å². The molecule has 5 nitrogen and oxygen atoms in total. The maximum absolute atomic E-state index is 11.0. The van der Waals surface area contributed by atoms with Crippen LogP contribution in [0.1, 0.15) is 25.3 Å². The van der Waals surface area contributed by atoms with Crippen molar-refractivity contribution in [3.8, 4) is 24.2 Å². The van der Waals surface area contributed by atoms with Gasteiger partial charge in [0.05, 0.1) is 0 Å². The van der Waals surface area contributed by atoms with E-state index >= 15 is 0 Å². The summed E-state index contributed by atoms with van der Waals surface area (Å²) in [6, 6.07) is 3.46. The van der Waals surface area contributed by atoms with Crippen LogP contribution in [0.3, 0.4) is 0 Å². The normalized spacial score (nSPS) is 14.3. The van der Waals surface area contributed by atoms with Crippen LogP contribution in [-0.2, 0) is 25.9 Å². The zero-order valence-electron chi connectivity index (χ0n) is 11.7. The molecule has 0 saturated carbocycles. The van der Waals surface area contributed by atoms with Crippen molar-refractivity contribution in [2.24, 2.45) is 0 Å². The van der Waals surface area contributed by atoms with Gasteiger partial charge in [-0.1, -0.05) is 23.8 Å². The molecule has 0 aliphatic rings. The molecule has 0 aliphatic carbocycles. The monoisotopic (exact) mass is 307 g/mol. The first-order chi connectivity index (χ1) is 10.1. The van der Waals surface area contributed by atoms with Crippen molar-refractivity contribution in [3.63, 3.8) is 0 Å². The Morgan fingerprint density at radius 2 is 2.38 bits per heavy atom. The molecule has 0 bridgehead atoms. The number of nitrogens with zero attached hydrogens (tertiary/aromatic N) is 1. The summed E-state index contributed by atoms with van der Waals surface area (Å²) in [5, 5.41) is 0. The van der Waals surface area contributed by atoms with Gasteiger partial charge in [-0.3, -0.25) is 9.54 Å². The molecule has 1 aromatic heterocycles. The highest BCUT2D eigenvalue weighted by molar-refractivity contribution is 7.74. The van der Waals surface area contributed by atoms with Gasteiger partial charge in [-0.2, -0.15) is 4.21 Å². The van der Waals surface area contributed by atoms with E-state index in [1.165, 1.54) is 0 Å². The summed E-state index contributed by atoms with van der Waals surface area (Å²) < 4.78 is 30.1. The van der Waals surface area contributed by atoms with Gasteiger partial charge in [0.25, 0.3) is 0 Å². The average Bonchev–Trinajstić information content (AvgIpc) is 2.46. The van der Waals surface area contributed by atoms with Crippen molar-refractivity contribution in [1.29, 1.82) is 0 Å². The van der Waals surface area contributed by atoms with Crippen molar-refractivity contribution >= 4 is 11.4 Å². The fraction of sp³-hybridized carbons (Fsp3) is 0.400. The Morgan fingerprint density at radius 3 is 3.00 bits per heavy atom. The molecule has 2 unspecified atom stereocenters. The highest BCUT2D eigenvalue weighted by atomic mass is 32.2. The van der Waals surface area contributed by atoms with Gasteiger partial charge in [-0.25, -0.2) is 4.18 Å². The minimum Gasteiger partial charge on any atom is -0.369 e. The molecule has 0 spiro atoms. The van der Waals surface area contributed by atoms with E-state index in [1.54, 1.807) is 31.5 Å². The smallest absolute Gasteiger partial charge is 0.303 e. The zero-order valence-corrected chi connectivity index (χ0v) is 12.6. The number of ether oxygens (including phenoxy) is 1. The Hall–Kier alpha value is -1.70. The number of terminal acetylenes is 1. The van der Waals surface area contributed by atoms with Crippen LogP contribution in [0, 0.1) is 24.2 Å². The summed E-state index contributed by atoms with van der Waals surface area (Å²) in [6.45, 7) is 2.43. The van der Waals surface area contributed by atoms with E-state index in [4.69, 9.17) is 19.9 Å².